The molecule has 0 aliphatic rings. The van der Waals surface area contributed by atoms with E-state index in [1.807, 2.05) is 0 Å². The predicted molar refractivity (Wildman–Crippen MR) is 116 cm³/mol. The molecule has 0 aliphatic heterocycles. The molecule has 0 spiro atoms. The molecule has 0 aliphatic carbocycles. The summed E-state index contributed by atoms with van der Waals surface area (Å²) in [7, 11) is 1.52. The van der Waals surface area contributed by atoms with Crippen LogP contribution in [0.1, 0.15) is 35.8 Å². The van der Waals surface area contributed by atoms with Crippen LogP contribution in [0.25, 0.3) is 5.69 Å². The number of non-ortho nitro benzene ring substituents is 1. The fraction of sp³-hybridized carbons (Fsp3) is 0.273. The second-order valence-corrected chi connectivity index (χ2v) is 6.88. The molecule has 1 amide bonds. The van der Waals surface area contributed by atoms with E-state index in [9.17, 15) is 14.9 Å². The zero-order valence-corrected chi connectivity index (χ0v) is 17.6. The molecule has 31 heavy (non-hydrogen) atoms. The number of amides is 1. The monoisotopic (exact) mass is 424 g/mol. The molecule has 3 rings (SSSR count). The summed E-state index contributed by atoms with van der Waals surface area (Å²) < 4.78 is 12.6. The first-order valence-corrected chi connectivity index (χ1v) is 9.86. The zero-order valence-electron chi connectivity index (χ0n) is 17.6. The van der Waals surface area contributed by atoms with Gasteiger partial charge in [-0.25, -0.2) is 4.68 Å². The summed E-state index contributed by atoms with van der Waals surface area (Å²) in [4.78, 5) is 23.3. The van der Waals surface area contributed by atoms with E-state index in [2.05, 4.69) is 17.3 Å². The maximum atomic E-state index is 12.9. The SMILES string of the molecule is CCCCOc1ccc(C(=O)Nc2cc(C)nn2-c2ccc([N+](=O)[O-])cc2)cc1OC. The molecule has 0 atom stereocenters. The smallest absolute Gasteiger partial charge is 0.269 e. The Bertz CT molecular complexity index is 1080. The minimum atomic E-state index is -0.468. The van der Waals surface area contributed by atoms with Gasteiger partial charge in [-0.1, -0.05) is 13.3 Å². The molecule has 0 bridgehead atoms. The number of aryl methyl sites for hydroxylation is 1. The Kier molecular flexibility index (Phi) is 6.86. The predicted octanol–water partition coefficient (Wildman–Crippen LogP) is 4.53. The maximum Gasteiger partial charge on any atom is 0.269 e. The van der Waals surface area contributed by atoms with Gasteiger partial charge >= 0.3 is 0 Å². The van der Waals surface area contributed by atoms with Crippen LogP contribution in [0.3, 0.4) is 0 Å². The van der Waals surface area contributed by atoms with Crippen molar-refractivity contribution in [3.05, 3.63) is 69.9 Å². The molecule has 0 unspecified atom stereocenters. The lowest BCUT2D eigenvalue weighted by molar-refractivity contribution is -0.384. The van der Waals surface area contributed by atoms with Crippen LogP contribution in [-0.4, -0.2) is 34.3 Å². The van der Waals surface area contributed by atoms with Crippen LogP contribution in [-0.2, 0) is 0 Å². The van der Waals surface area contributed by atoms with Crippen molar-refractivity contribution in [3.8, 4) is 17.2 Å². The summed E-state index contributed by atoms with van der Waals surface area (Å²) in [6.45, 7) is 4.45. The molecule has 1 heterocycles. The molecule has 162 valence electrons. The highest BCUT2D eigenvalue weighted by molar-refractivity contribution is 6.04. The number of methoxy groups -OCH3 is 1. The number of rotatable bonds is 9. The van der Waals surface area contributed by atoms with Gasteiger partial charge in [0.15, 0.2) is 11.5 Å². The van der Waals surface area contributed by atoms with Gasteiger partial charge in [-0.2, -0.15) is 5.10 Å². The fourth-order valence-electron chi connectivity index (χ4n) is 2.94. The van der Waals surface area contributed by atoms with E-state index < -0.39 is 4.92 Å². The van der Waals surface area contributed by atoms with Crippen LogP contribution in [0.5, 0.6) is 11.5 Å². The molecular weight excluding hydrogens is 400 g/mol. The normalized spacial score (nSPS) is 10.5. The second-order valence-electron chi connectivity index (χ2n) is 6.88. The molecule has 0 saturated heterocycles. The maximum absolute atomic E-state index is 12.9. The first kappa shape index (κ1) is 21.8. The molecule has 9 heteroatoms. The summed E-state index contributed by atoms with van der Waals surface area (Å²) >= 11 is 0. The number of carbonyl (C=O) groups is 1. The third-order valence-corrected chi connectivity index (χ3v) is 4.56. The number of hydrogen-bond donors (Lipinski definition) is 1. The Morgan fingerprint density at radius 2 is 1.90 bits per heavy atom. The van der Waals surface area contributed by atoms with Gasteiger partial charge in [0.05, 0.1) is 30.0 Å². The molecule has 9 nitrogen and oxygen atoms in total. The van der Waals surface area contributed by atoms with E-state index >= 15 is 0 Å². The third-order valence-electron chi connectivity index (χ3n) is 4.56. The van der Waals surface area contributed by atoms with E-state index in [0.717, 1.165) is 12.8 Å². The number of carbonyl (C=O) groups excluding carboxylic acids is 1. The van der Waals surface area contributed by atoms with Crippen molar-refractivity contribution in [3.63, 3.8) is 0 Å². The minimum absolute atomic E-state index is 0.0217. The van der Waals surface area contributed by atoms with Crippen molar-refractivity contribution < 1.29 is 19.2 Å². The Morgan fingerprint density at radius 1 is 1.16 bits per heavy atom. The summed E-state index contributed by atoms with van der Waals surface area (Å²) in [5.74, 6) is 1.16. The average Bonchev–Trinajstić information content (AvgIpc) is 3.13. The largest absolute Gasteiger partial charge is 0.493 e. The van der Waals surface area contributed by atoms with Gasteiger partial charge in [0.2, 0.25) is 0 Å². The minimum Gasteiger partial charge on any atom is -0.493 e. The number of aromatic nitrogens is 2. The van der Waals surface area contributed by atoms with Gasteiger partial charge in [0.1, 0.15) is 5.82 Å². The van der Waals surface area contributed by atoms with Crippen molar-refractivity contribution >= 4 is 17.4 Å². The Labute approximate surface area is 179 Å². The lowest BCUT2D eigenvalue weighted by Gasteiger charge is -2.13. The second kappa shape index (κ2) is 9.75. The highest BCUT2D eigenvalue weighted by Gasteiger charge is 2.16. The first-order valence-electron chi connectivity index (χ1n) is 9.86. The highest BCUT2D eigenvalue weighted by Crippen LogP contribution is 2.29. The van der Waals surface area contributed by atoms with Gasteiger partial charge < -0.3 is 14.8 Å². The van der Waals surface area contributed by atoms with Gasteiger partial charge in [0.25, 0.3) is 11.6 Å². The summed E-state index contributed by atoms with van der Waals surface area (Å²) in [5.41, 5.74) is 1.65. The number of unbranched alkanes of at least 4 members (excludes halogenated alkanes) is 1. The van der Waals surface area contributed by atoms with E-state index in [4.69, 9.17) is 9.47 Å². The van der Waals surface area contributed by atoms with Crippen molar-refractivity contribution in [2.45, 2.75) is 26.7 Å². The van der Waals surface area contributed by atoms with Crippen LogP contribution >= 0.6 is 0 Å². The van der Waals surface area contributed by atoms with E-state index in [1.54, 1.807) is 43.3 Å². The number of nitrogens with one attached hydrogen (secondary N) is 1. The fourth-order valence-corrected chi connectivity index (χ4v) is 2.94. The molecule has 1 aromatic heterocycles. The standard InChI is InChI=1S/C22H24N4O5/c1-4-5-12-31-19-11-6-16(14-20(19)30-3)22(27)23-21-13-15(2)24-25(21)17-7-9-18(10-8-17)26(28)29/h6-11,13-14H,4-5,12H2,1-3H3,(H,23,27). The number of hydrogen-bond acceptors (Lipinski definition) is 6. The Morgan fingerprint density at radius 3 is 2.55 bits per heavy atom. The van der Waals surface area contributed by atoms with Crippen molar-refractivity contribution in [2.24, 2.45) is 0 Å². The molecular formula is C22H24N4O5. The van der Waals surface area contributed by atoms with Gasteiger partial charge in [0, 0.05) is 23.8 Å². The number of nitro benzene ring substituents is 1. The lowest BCUT2D eigenvalue weighted by atomic mass is 10.2. The number of benzene rings is 2. The number of anilines is 1. The summed E-state index contributed by atoms with van der Waals surface area (Å²) in [6.07, 6.45) is 1.95. The Hall–Kier alpha value is -3.88. The number of nitrogens with zero attached hydrogens (tertiary/aromatic N) is 3. The van der Waals surface area contributed by atoms with Crippen molar-refractivity contribution in [2.75, 3.05) is 19.0 Å². The molecule has 2 aromatic carbocycles. The third kappa shape index (κ3) is 5.19. The lowest BCUT2D eigenvalue weighted by Crippen LogP contribution is -2.15. The van der Waals surface area contributed by atoms with Crippen LogP contribution in [0, 0.1) is 17.0 Å². The zero-order chi connectivity index (χ0) is 22.4. The molecule has 1 N–H and O–H groups in total. The number of nitro groups is 1. The van der Waals surface area contributed by atoms with Crippen LogP contribution in [0.15, 0.2) is 48.5 Å². The summed E-state index contributed by atoms with van der Waals surface area (Å²) in [6, 6.07) is 12.6. The number of ether oxygens (including phenoxy) is 2. The van der Waals surface area contributed by atoms with E-state index in [1.165, 1.54) is 23.9 Å². The molecule has 3 aromatic rings. The van der Waals surface area contributed by atoms with Crippen LogP contribution in [0.4, 0.5) is 11.5 Å². The Balaban J connectivity index is 1.81. The first-order chi connectivity index (χ1) is 14.9. The van der Waals surface area contributed by atoms with Crippen molar-refractivity contribution in [1.29, 1.82) is 0 Å². The molecule has 0 saturated carbocycles. The highest BCUT2D eigenvalue weighted by atomic mass is 16.6. The summed E-state index contributed by atoms with van der Waals surface area (Å²) in [5, 5.41) is 18.1. The van der Waals surface area contributed by atoms with E-state index in [-0.39, 0.29) is 11.6 Å². The van der Waals surface area contributed by atoms with Crippen molar-refractivity contribution in [1.82, 2.24) is 9.78 Å². The van der Waals surface area contributed by atoms with Gasteiger partial charge in [-0.3, -0.25) is 14.9 Å². The quantitative estimate of drug-likeness (QED) is 0.307. The molecule has 0 radical (unpaired) electrons. The van der Waals surface area contributed by atoms with Crippen LogP contribution < -0.4 is 14.8 Å². The average molecular weight is 424 g/mol. The van der Waals surface area contributed by atoms with Gasteiger partial charge in [-0.15, -0.1) is 0 Å². The van der Waals surface area contributed by atoms with Crippen LogP contribution in [0.2, 0.25) is 0 Å². The topological polar surface area (TPSA) is 109 Å². The molecule has 0 fully saturated rings. The van der Waals surface area contributed by atoms with Gasteiger partial charge in [-0.05, 0) is 43.7 Å². The van der Waals surface area contributed by atoms with E-state index in [0.29, 0.717) is 40.9 Å².